The lowest BCUT2D eigenvalue weighted by Crippen LogP contribution is -2.47. The van der Waals surface area contributed by atoms with Crippen LogP contribution in [0.15, 0.2) is 22.8 Å². The molecule has 6 nitrogen and oxygen atoms in total. The Morgan fingerprint density at radius 1 is 1.55 bits per heavy atom. The normalized spacial score (nSPS) is 21.9. The summed E-state index contributed by atoms with van der Waals surface area (Å²) in [5.41, 5.74) is 0. The van der Waals surface area contributed by atoms with Gasteiger partial charge in [0, 0.05) is 12.1 Å². The second-order valence-corrected chi connectivity index (χ2v) is 8.07. The van der Waals surface area contributed by atoms with Gasteiger partial charge in [-0.2, -0.15) is 0 Å². The van der Waals surface area contributed by atoms with Crippen LogP contribution >= 0.6 is 0 Å². The van der Waals surface area contributed by atoms with Gasteiger partial charge in [0.25, 0.3) is 0 Å². The highest BCUT2D eigenvalue weighted by Gasteiger charge is 2.34. The molecule has 2 unspecified atom stereocenters. The highest BCUT2D eigenvalue weighted by atomic mass is 32.2. The molecule has 1 fully saturated rings. The summed E-state index contributed by atoms with van der Waals surface area (Å²) in [6.45, 7) is 4.64. The van der Waals surface area contributed by atoms with Crippen molar-refractivity contribution in [2.75, 3.05) is 18.1 Å². The number of sulfone groups is 1. The second-order valence-electron chi connectivity index (χ2n) is 5.84. The van der Waals surface area contributed by atoms with Crippen molar-refractivity contribution in [2.45, 2.75) is 45.3 Å². The third kappa shape index (κ3) is 4.58. The molecule has 1 aliphatic rings. The van der Waals surface area contributed by atoms with Gasteiger partial charge in [0.05, 0.1) is 30.9 Å². The monoisotopic (exact) mass is 328 g/mol. The quantitative estimate of drug-likeness (QED) is 0.813. The maximum absolute atomic E-state index is 12.1. The first-order chi connectivity index (χ1) is 10.4. The van der Waals surface area contributed by atoms with E-state index in [9.17, 15) is 13.2 Å². The van der Waals surface area contributed by atoms with Crippen molar-refractivity contribution in [2.24, 2.45) is 0 Å². The summed E-state index contributed by atoms with van der Waals surface area (Å²) >= 11 is 0. The van der Waals surface area contributed by atoms with Crippen molar-refractivity contribution in [1.82, 2.24) is 10.2 Å². The Morgan fingerprint density at radius 3 is 2.86 bits per heavy atom. The first-order valence-electron chi connectivity index (χ1n) is 7.66. The third-order valence-electron chi connectivity index (χ3n) is 4.20. The van der Waals surface area contributed by atoms with E-state index in [2.05, 4.69) is 5.32 Å². The Bertz CT molecular complexity index is 583. The predicted octanol–water partition coefficient (Wildman–Crippen LogP) is 1.18. The number of hydrogen-bond donors (Lipinski definition) is 1. The number of carbonyl (C=O) groups is 1. The molecule has 0 bridgehead atoms. The molecular weight excluding hydrogens is 304 g/mol. The fraction of sp³-hybridized carbons (Fsp3) is 0.667. The topological polar surface area (TPSA) is 79.6 Å². The van der Waals surface area contributed by atoms with E-state index >= 15 is 0 Å². The molecule has 1 aliphatic heterocycles. The molecule has 22 heavy (non-hydrogen) atoms. The summed E-state index contributed by atoms with van der Waals surface area (Å²) in [6.07, 6.45) is 3.05. The Hall–Kier alpha value is -1.34. The molecule has 2 heterocycles. The van der Waals surface area contributed by atoms with Crippen molar-refractivity contribution in [3.05, 3.63) is 24.2 Å². The predicted molar refractivity (Wildman–Crippen MR) is 84.1 cm³/mol. The summed E-state index contributed by atoms with van der Waals surface area (Å²) in [7, 11) is -2.95. The maximum atomic E-state index is 12.1. The second kappa shape index (κ2) is 7.28. The number of hydrogen-bond acceptors (Lipinski definition) is 5. The van der Waals surface area contributed by atoms with Crippen LogP contribution in [0.2, 0.25) is 0 Å². The van der Waals surface area contributed by atoms with Gasteiger partial charge in [0.2, 0.25) is 5.91 Å². The van der Waals surface area contributed by atoms with Crippen molar-refractivity contribution < 1.29 is 17.6 Å². The van der Waals surface area contributed by atoms with Crippen LogP contribution in [0.5, 0.6) is 0 Å². The third-order valence-corrected chi connectivity index (χ3v) is 5.95. The van der Waals surface area contributed by atoms with Gasteiger partial charge in [-0.1, -0.05) is 6.92 Å². The summed E-state index contributed by atoms with van der Waals surface area (Å²) < 4.78 is 28.5. The molecule has 2 atom stereocenters. The zero-order valence-electron chi connectivity index (χ0n) is 13.1. The Morgan fingerprint density at radius 2 is 2.32 bits per heavy atom. The summed E-state index contributed by atoms with van der Waals surface area (Å²) in [5, 5.41) is 2.81. The summed E-state index contributed by atoms with van der Waals surface area (Å²) in [6, 6.07) is 3.69. The minimum atomic E-state index is -2.95. The lowest BCUT2D eigenvalue weighted by Gasteiger charge is -2.32. The highest BCUT2D eigenvalue weighted by Crippen LogP contribution is 2.20. The van der Waals surface area contributed by atoms with Gasteiger partial charge >= 0.3 is 0 Å². The van der Waals surface area contributed by atoms with E-state index in [1.807, 2.05) is 18.7 Å². The number of amides is 1. The summed E-state index contributed by atoms with van der Waals surface area (Å²) in [4.78, 5) is 14.2. The lowest BCUT2D eigenvalue weighted by molar-refractivity contribution is -0.123. The molecule has 2 rings (SSSR count). The van der Waals surface area contributed by atoms with E-state index in [0.717, 1.165) is 6.42 Å². The van der Waals surface area contributed by atoms with Crippen LogP contribution in [0.1, 0.15) is 32.4 Å². The molecule has 7 heteroatoms. The molecule has 0 aromatic carbocycles. The summed E-state index contributed by atoms with van der Waals surface area (Å²) in [5.74, 6) is 0.967. The van der Waals surface area contributed by atoms with Gasteiger partial charge in [0.1, 0.15) is 5.76 Å². The smallest absolute Gasteiger partial charge is 0.234 e. The maximum Gasteiger partial charge on any atom is 0.234 e. The van der Waals surface area contributed by atoms with Crippen LogP contribution < -0.4 is 5.32 Å². The van der Waals surface area contributed by atoms with Crippen LogP contribution in [0, 0.1) is 0 Å². The van der Waals surface area contributed by atoms with E-state index in [-0.39, 0.29) is 36.0 Å². The molecular formula is C15H24N2O4S. The fourth-order valence-corrected chi connectivity index (χ4v) is 4.48. The number of carbonyl (C=O) groups excluding carboxylic acids is 1. The van der Waals surface area contributed by atoms with Gasteiger partial charge in [-0.05, 0) is 31.9 Å². The lowest BCUT2D eigenvalue weighted by atomic mass is 10.1. The van der Waals surface area contributed by atoms with Crippen LogP contribution in [-0.2, 0) is 21.2 Å². The SMILES string of the molecule is CCC(C)N(CC(=O)NCc1ccco1)C1CCS(=O)(=O)C1. The van der Waals surface area contributed by atoms with Crippen molar-refractivity contribution in [1.29, 1.82) is 0 Å². The minimum absolute atomic E-state index is 0.0608. The Balaban J connectivity index is 1.93. The number of furan rings is 1. The van der Waals surface area contributed by atoms with Crippen LogP contribution in [0.25, 0.3) is 0 Å². The van der Waals surface area contributed by atoms with Crippen LogP contribution in [0.3, 0.4) is 0 Å². The molecule has 1 saturated heterocycles. The number of rotatable bonds is 7. The van der Waals surface area contributed by atoms with Gasteiger partial charge in [0.15, 0.2) is 9.84 Å². The molecule has 124 valence electrons. The van der Waals surface area contributed by atoms with Crippen LogP contribution in [0.4, 0.5) is 0 Å². The Kier molecular flexibility index (Phi) is 5.63. The first-order valence-corrected chi connectivity index (χ1v) is 9.48. The average Bonchev–Trinajstić information content (AvgIpc) is 3.11. The fourth-order valence-electron chi connectivity index (χ4n) is 2.74. The van der Waals surface area contributed by atoms with Crippen molar-refractivity contribution in [3.63, 3.8) is 0 Å². The molecule has 0 radical (unpaired) electrons. The highest BCUT2D eigenvalue weighted by molar-refractivity contribution is 7.91. The Labute approximate surface area is 131 Å². The minimum Gasteiger partial charge on any atom is -0.467 e. The van der Waals surface area contributed by atoms with E-state index in [1.165, 1.54) is 0 Å². The average molecular weight is 328 g/mol. The standard InChI is InChI=1S/C15H24N2O4S/c1-3-12(2)17(13-6-8-22(19,20)11-13)10-15(18)16-9-14-5-4-7-21-14/h4-5,7,12-13H,3,6,8-11H2,1-2H3,(H,16,18). The largest absolute Gasteiger partial charge is 0.467 e. The van der Waals surface area contributed by atoms with E-state index in [4.69, 9.17) is 4.42 Å². The number of nitrogens with zero attached hydrogens (tertiary/aromatic N) is 1. The van der Waals surface area contributed by atoms with Crippen molar-refractivity contribution >= 4 is 15.7 Å². The molecule has 0 aliphatic carbocycles. The van der Waals surface area contributed by atoms with E-state index in [0.29, 0.717) is 18.7 Å². The molecule has 1 aromatic heterocycles. The molecule has 0 saturated carbocycles. The zero-order valence-corrected chi connectivity index (χ0v) is 13.9. The van der Waals surface area contributed by atoms with Crippen LogP contribution in [-0.4, -0.2) is 49.4 Å². The first kappa shape index (κ1) is 17.0. The molecule has 0 spiro atoms. The van der Waals surface area contributed by atoms with E-state index in [1.54, 1.807) is 18.4 Å². The number of nitrogens with one attached hydrogen (secondary N) is 1. The molecule has 1 aromatic rings. The van der Waals surface area contributed by atoms with Gasteiger partial charge in [-0.15, -0.1) is 0 Å². The van der Waals surface area contributed by atoms with Gasteiger partial charge in [-0.3, -0.25) is 9.69 Å². The van der Waals surface area contributed by atoms with E-state index < -0.39 is 9.84 Å². The molecule has 1 amide bonds. The van der Waals surface area contributed by atoms with Gasteiger partial charge < -0.3 is 9.73 Å². The zero-order chi connectivity index (χ0) is 16.2. The van der Waals surface area contributed by atoms with Gasteiger partial charge in [-0.25, -0.2) is 8.42 Å². The molecule has 1 N–H and O–H groups in total. The van der Waals surface area contributed by atoms with Crippen molar-refractivity contribution in [3.8, 4) is 0 Å².